The number of anilines is 1. The number of carbonyl (C=O) groups excluding carboxylic acids is 3. The Bertz CT molecular complexity index is 1670. The number of hydrogen-bond donors (Lipinski definition) is 5. The van der Waals surface area contributed by atoms with E-state index in [2.05, 4.69) is 11.8 Å². The molecule has 0 heterocycles. The predicted molar refractivity (Wildman–Crippen MR) is 155 cm³/mol. The second-order valence-electron chi connectivity index (χ2n) is 11.6. The van der Waals surface area contributed by atoms with Gasteiger partial charge in [-0.15, -0.1) is 0 Å². The average molecular weight is 572 g/mol. The topological polar surface area (TPSA) is 165 Å². The van der Waals surface area contributed by atoms with Gasteiger partial charge >= 0.3 is 0 Å². The number of phenolic OH excluding ortho intramolecular Hbond substituents is 1. The molecule has 0 spiro atoms. The number of amides is 1. The average Bonchev–Trinajstić information content (AvgIpc) is 2.90. The molecule has 0 aromatic heterocycles. The normalized spacial score (nSPS) is 25.0. The first-order valence-corrected chi connectivity index (χ1v) is 13.5. The van der Waals surface area contributed by atoms with E-state index in [0.717, 1.165) is 5.56 Å². The van der Waals surface area contributed by atoms with Crippen molar-refractivity contribution >= 4 is 23.2 Å². The van der Waals surface area contributed by atoms with Crippen molar-refractivity contribution in [3.05, 3.63) is 80.8 Å². The zero-order valence-corrected chi connectivity index (χ0v) is 24.0. The lowest BCUT2D eigenvalue weighted by molar-refractivity contribution is -0.148. The molecule has 0 fully saturated rings. The number of aliphatic hydroxyl groups is 3. The fourth-order valence-electron chi connectivity index (χ4n) is 6.57. The summed E-state index contributed by atoms with van der Waals surface area (Å²) in [4.78, 5) is 43.1. The van der Waals surface area contributed by atoms with E-state index in [-0.39, 0.29) is 35.3 Å². The van der Waals surface area contributed by atoms with Crippen molar-refractivity contribution in [1.29, 1.82) is 0 Å². The highest BCUT2D eigenvalue weighted by molar-refractivity contribution is 6.25. The smallest absolute Gasteiger partial charge is 0.255 e. The van der Waals surface area contributed by atoms with Crippen LogP contribution in [0.5, 0.6) is 5.75 Å². The number of rotatable bonds is 3. The molecule has 218 valence electrons. The molecular formula is C32H33N3O7. The van der Waals surface area contributed by atoms with Crippen molar-refractivity contribution in [1.82, 2.24) is 4.90 Å². The molecule has 3 aliphatic rings. The molecular weight excluding hydrogens is 538 g/mol. The molecule has 0 saturated carbocycles. The van der Waals surface area contributed by atoms with Gasteiger partial charge in [0.2, 0.25) is 5.78 Å². The van der Waals surface area contributed by atoms with Gasteiger partial charge in [0.15, 0.2) is 11.4 Å². The van der Waals surface area contributed by atoms with Crippen LogP contribution in [-0.2, 0) is 16.0 Å². The number of aliphatic hydroxyl groups excluding tert-OH is 2. The number of Topliss-reactive ketones (excluding diaryl/α,β-unsaturated/α-hetero) is 2. The van der Waals surface area contributed by atoms with Crippen LogP contribution in [0.3, 0.4) is 0 Å². The van der Waals surface area contributed by atoms with Gasteiger partial charge in [-0.2, -0.15) is 0 Å². The second-order valence-corrected chi connectivity index (χ2v) is 11.6. The number of nitrogens with two attached hydrogens (primary N) is 1. The van der Waals surface area contributed by atoms with Crippen molar-refractivity contribution in [2.24, 2.45) is 17.6 Å². The predicted octanol–water partition coefficient (Wildman–Crippen LogP) is 1.89. The van der Waals surface area contributed by atoms with Crippen molar-refractivity contribution < 1.29 is 34.8 Å². The van der Waals surface area contributed by atoms with Crippen LogP contribution < -0.4 is 10.6 Å². The molecule has 5 rings (SSSR count). The maximum Gasteiger partial charge on any atom is 0.255 e. The van der Waals surface area contributed by atoms with Crippen LogP contribution in [0.4, 0.5) is 5.69 Å². The summed E-state index contributed by atoms with van der Waals surface area (Å²) in [6, 6.07) is 8.17. The largest absolute Gasteiger partial charge is 0.510 e. The number of aryl methyl sites for hydroxylation is 1. The van der Waals surface area contributed by atoms with E-state index in [0.29, 0.717) is 16.8 Å². The summed E-state index contributed by atoms with van der Waals surface area (Å²) in [7, 11) is 6.78. The van der Waals surface area contributed by atoms with Gasteiger partial charge < -0.3 is 31.1 Å². The van der Waals surface area contributed by atoms with E-state index in [9.17, 15) is 34.8 Å². The van der Waals surface area contributed by atoms with Gasteiger partial charge in [-0.05, 0) is 63.5 Å². The van der Waals surface area contributed by atoms with E-state index in [1.54, 1.807) is 39.2 Å². The third-order valence-corrected chi connectivity index (χ3v) is 8.57. The van der Waals surface area contributed by atoms with Crippen molar-refractivity contribution in [3.8, 4) is 17.6 Å². The third kappa shape index (κ3) is 4.16. The van der Waals surface area contributed by atoms with Gasteiger partial charge in [0, 0.05) is 36.8 Å². The van der Waals surface area contributed by atoms with Gasteiger partial charge in [0.25, 0.3) is 5.91 Å². The van der Waals surface area contributed by atoms with Gasteiger partial charge in [0.1, 0.15) is 22.8 Å². The van der Waals surface area contributed by atoms with E-state index < -0.39 is 58.0 Å². The Labute approximate surface area is 243 Å². The first kappa shape index (κ1) is 28.9. The van der Waals surface area contributed by atoms with Gasteiger partial charge in [-0.25, -0.2) is 0 Å². The molecule has 0 bridgehead atoms. The Kier molecular flexibility index (Phi) is 6.92. The Balaban J connectivity index is 1.70. The number of hydrogen-bond acceptors (Lipinski definition) is 9. The lowest BCUT2D eigenvalue weighted by Gasteiger charge is -2.50. The SMILES string of the molecule is Cc1ccc(C#Cc2cc(N(C)C)c3c(c2O)C(=O)C2=C(O)[C@]4(O)C(=O)C(C(N)=O)=C(O)[C@@H](N(C)C)[C@H]4C[C@H]2C3)cc1. The Morgan fingerprint density at radius 2 is 1.69 bits per heavy atom. The molecule has 3 aliphatic carbocycles. The van der Waals surface area contributed by atoms with Crippen LogP contribution in [0, 0.1) is 30.6 Å². The van der Waals surface area contributed by atoms with Gasteiger partial charge in [-0.1, -0.05) is 29.5 Å². The fraction of sp³-hybridized carbons (Fsp3) is 0.344. The number of carbonyl (C=O) groups is 3. The van der Waals surface area contributed by atoms with Gasteiger partial charge in [-0.3, -0.25) is 19.3 Å². The standard InChI is InChI=1S/C32H33N3O7/c1-15-6-8-16(9-7-15)10-11-17-14-21(34(2)3)19-12-18-13-20-25(35(4)5)28(38)24(31(33)41)30(40)32(20,42)29(39)22(18)27(37)23(19)26(17)36/h6-9,14,18,20,25,36,38-39,42H,12-13H2,1-5H3,(H2,33,41)/t18-,20-,25+,32+/m1/s1. The van der Waals surface area contributed by atoms with E-state index in [4.69, 9.17) is 5.73 Å². The van der Waals surface area contributed by atoms with E-state index in [1.165, 1.54) is 4.90 Å². The number of ketones is 2. The van der Waals surface area contributed by atoms with E-state index in [1.807, 2.05) is 31.2 Å². The second kappa shape index (κ2) is 10.0. The molecule has 0 aliphatic heterocycles. The minimum Gasteiger partial charge on any atom is -0.510 e. The summed E-state index contributed by atoms with van der Waals surface area (Å²) in [5.41, 5.74) is 4.75. The van der Waals surface area contributed by atoms with Crippen molar-refractivity contribution in [3.63, 3.8) is 0 Å². The van der Waals surface area contributed by atoms with Crippen LogP contribution in [-0.4, -0.2) is 82.6 Å². The Morgan fingerprint density at radius 1 is 1.05 bits per heavy atom. The molecule has 2 aromatic carbocycles. The minimum atomic E-state index is -2.69. The fourth-order valence-corrected chi connectivity index (χ4v) is 6.57. The molecule has 0 radical (unpaired) electrons. The lowest BCUT2D eigenvalue weighted by atomic mass is 9.58. The van der Waals surface area contributed by atoms with Crippen LogP contribution in [0.15, 0.2) is 53.0 Å². The third-order valence-electron chi connectivity index (χ3n) is 8.57. The summed E-state index contributed by atoms with van der Waals surface area (Å²) < 4.78 is 0. The monoisotopic (exact) mass is 571 g/mol. The highest BCUT2D eigenvalue weighted by Crippen LogP contribution is 2.53. The first-order valence-electron chi connectivity index (χ1n) is 13.5. The van der Waals surface area contributed by atoms with Gasteiger partial charge in [0.05, 0.1) is 17.2 Å². The van der Waals surface area contributed by atoms with E-state index >= 15 is 0 Å². The number of benzene rings is 2. The van der Waals surface area contributed by atoms with Crippen LogP contribution in [0.25, 0.3) is 0 Å². The number of aromatic hydroxyl groups is 1. The maximum absolute atomic E-state index is 14.1. The molecule has 0 unspecified atom stereocenters. The summed E-state index contributed by atoms with van der Waals surface area (Å²) in [5, 5.41) is 45.6. The lowest BCUT2D eigenvalue weighted by Crippen LogP contribution is -2.63. The molecule has 1 amide bonds. The molecule has 4 atom stereocenters. The van der Waals surface area contributed by atoms with Crippen LogP contribution >= 0.6 is 0 Å². The number of fused-ring (bicyclic) bond motifs is 3. The summed E-state index contributed by atoms with van der Waals surface area (Å²) in [6.45, 7) is 1.96. The number of allylic oxidation sites excluding steroid dienone is 1. The number of nitrogens with zero attached hydrogens (tertiary/aromatic N) is 2. The Hall–Kier alpha value is -4.59. The van der Waals surface area contributed by atoms with Crippen molar-refractivity contribution in [2.75, 3.05) is 33.1 Å². The highest BCUT2D eigenvalue weighted by atomic mass is 16.3. The molecule has 0 saturated heterocycles. The molecule has 10 heteroatoms. The first-order chi connectivity index (χ1) is 19.7. The number of primary amides is 1. The van der Waals surface area contributed by atoms with Crippen LogP contribution in [0.1, 0.15) is 39.0 Å². The number of likely N-dealkylation sites (N-methyl/N-ethyl adjacent to an activating group) is 1. The molecule has 6 N–H and O–H groups in total. The molecule has 10 nitrogen and oxygen atoms in total. The zero-order chi connectivity index (χ0) is 30.8. The molecule has 42 heavy (non-hydrogen) atoms. The summed E-state index contributed by atoms with van der Waals surface area (Å²) in [5.74, 6) is -0.943. The Morgan fingerprint density at radius 3 is 2.26 bits per heavy atom. The van der Waals surface area contributed by atoms with Crippen LogP contribution in [0.2, 0.25) is 0 Å². The summed E-state index contributed by atoms with van der Waals surface area (Å²) >= 11 is 0. The minimum absolute atomic E-state index is 0.0222. The maximum atomic E-state index is 14.1. The van der Waals surface area contributed by atoms with Crippen molar-refractivity contribution in [2.45, 2.75) is 31.4 Å². The molecule has 2 aromatic rings. The highest BCUT2D eigenvalue weighted by Gasteiger charge is 2.63. The zero-order valence-electron chi connectivity index (χ0n) is 24.0. The summed E-state index contributed by atoms with van der Waals surface area (Å²) in [6.07, 6.45) is 0.218. The number of phenols is 1. The quantitative estimate of drug-likeness (QED) is 0.273.